The lowest BCUT2D eigenvalue weighted by Crippen LogP contribution is -2.35. The summed E-state index contributed by atoms with van der Waals surface area (Å²) in [4.78, 5) is 17.0. The number of nitrogens with zero attached hydrogens (tertiary/aromatic N) is 5. The molecule has 1 atom stereocenters. The Balaban J connectivity index is 1.45. The van der Waals surface area contributed by atoms with Crippen molar-refractivity contribution >= 4 is 5.91 Å². The van der Waals surface area contributed by atoms with Gasteiger partial charge in [0.1, 0.15) is 11.6 Å². The van der Waals surface area contributed by atoms with Crippen molar-refractivity contribution in [1.29, 1.82) is 0 Å². The second kappa shape index (κ2) is 6.96. The highest BCUT2D eigenvalue weighted by atomic mass is 16.2. The zero-order valence-electron chi connectivity index (χ0n) is 14.8. The van der Waals surface area contributed by atoms with Crippen LogP contribution in [0.25, 0.3) is 0 Å². The Morgan fingerprint density at radius 2 is 1.96 bits per heavy atom. The topological polar surface area (TPSA) is 54.3 Å². The van der Waals surface area contributed by atoms with Crippen LogP contribution < -0.4 is 0 Å². The number of benzene rings is 1. The summed E-state index contributed by atoms with van der Waals surface area (Å²) in [5, 5.41) is 8.90. The van der Waals surface area contributed by atoms with Gasteiger partial charge < -0.3 is 9.47 Å². The maximum Gasteiger partial charge on any atom is 0.227 e. The number of aromatic nitrogens is 3. The van der Waals surface area contributed by atoms with Crippen LogP contribution in [0, 0.1) is 0 Å². The SMILES string of the molecule is CN1CCC[C@H]1c1nnc2n1CCN(C(=O)Cc1ccccc1)CC2. The van der Waals surface area contributed by atoms with E-state index in [9.17, 15) is 4.79 Å². The van der Waals surface area contributed by atoms with Gasteiger partial charge in [0.25, 0.3) is 0 Å². The van der Waals surface area contributed by atoms with Crippen molar-refractivity contribution in [3.05, 3.63) is 47.5 Å². The molecule has 0 N–H and O–H groups in total. The summed E-state index contributed by atoms with van der Waals surface area (Å²) < 4.78 is 2.25. The lowest BCUT2D eigenvalue weighted by atomic mass is 10.1. The maximum absolute atomic E-state index is 12.7. The maximum atomic E-state index is 12.7. The Kier molecular flexibility index (Phi) is 4.53. The molecular formula is C19H25N5O. The molecule has 6 nitrogen and oxygen atoms in total. The first-order valence-corrected chi connectivity index (χ1v) is 9.16. The number of amides is 1. The molecule has 0 unspecified atom stereocenters. The molecule has 0 spiro atoms. The first-order chi connectivity index (χ1) is 12.2. The number of carbonyl (C=O) groups is 1. The van der Waals surface area contributed by atoms with Gasteiger partial charge in [-0.2, -0.15) is 0 Å². The van der Waals surface area contributed by atoms with Crippen molar-refractivity contribution in [3.8, 4) is 0 Å². The van der Waals surface area contributed by atoms with E-state index in [0.29, 0.717) is 12.5 Å². The Morgan fingerprint density at radius 1 is 1.12 bits per heavy atom. The molecule has 0 aliphatic carbocycles. The third kappa shape index (κ3) is 3.31. The number of rotatable bonds is 3. The minimum atomic E-state index is 0.199. The van der Waals surface area contributed by atoms with Crippen molar-refractivity contribution in [3.63, 3.8) is 0 Å². The van der Waals surface area contributed by atoms with Crippen molar-refractivity contribution < 1.29 is 4.79 Å². The predicted octanol–water partition coefficient (Wildman–Crippen LogP) is 1.67. The minimum absolute atomic E-state index is 0.199. The summed E-state index contributed by atoms with van der Waals surface area (Å²) in [7, 11) is 2.16. The molecule has 1 aromatic carbocycles. The number of fused-ring (bicyclic) bond motifs is 1. The molecule has 25 heavy (non-hydrogen) atoms. The van der Waals surface area contributed by atoms with Gasteiger partial charge in [-0.25, -0.2) is 0 Å². The van der Waals surface area contributed by atoms with E-state index in [1.54, 1.807) is 0 Å². The van der Waals surface area contributed by atoms with Crippen molar-refractivity contribution in [1.82, 2.24) is 24.6 Å². The normalized spacial score (nSPS) is 21.2. The van der Waals surface area contributed by atoms with Crippen LogP contribution in [0.1, 0.15) is 36.1 Å². The van der Waals surface area contributed by atoms with E-state index in [1.807, 2.05) is 35.2 Å². The molecule has 0 saturated carbocycles. The van der Waals surface area contributed by atoms with Gasteiger partial charge in [-0.15, -0.1) is 10.2 Å². The van der Waals surface area contributed by atoms with Gasteiger partial charge in [-0.3, -0.25) is 9.69 Å². The molecule has 1 amide bonds. The van der Waals surface area contributed by atoms with E-state index in [4.69, 9.17) is 0 Å². The third-order valence-electron chi connectivity index (χ3n) is 5.42. The summed E-state index contributed by atoms with van der Waals surface area (Å²) >= 11 is 0. The van der Waals surface area contributed by atoms with E-state index in [2.05, 4.69) is 26.7 Å². The van der Waals surface area contributed by atoms with Crippen molar-refractivity contribution in [2.24, 2.45) is 0 Å². The van der Waals surface area contributed by atoms with Gasteiger partial charge in [0.2, 0.25) is 5.91 Å². The summed E-state index contributed by atoms with van der Waals surface area (Å²) in [6.45, 7) is 3.38. The van der Waals surface area contributed by atoms with Gasteiger partial charge in [0, 0.05) is 26.1 Å². The highest BCUT2D eigenvalue weighted by Gasteiger charge is 2.30. The number of likely N-dealkylation sites (tertiary alicyclic amines) is 1. The van der Waals surface area contributed by atoms with E-state index < -0.39 is 0 Å². The number of carbonyl (C=O) groups excluding carboxylic acids is 1. The first kappa shape index (κ1) is 16.3. The Labute approximate surface area is 148 Å². The van der Waals surface area contributed by atoms with Crippen LogP contribution >= 0.6 is 0 Å². The fourth-order valence-electron chi connectivity index (χ4n) is 3.96. The molecule has 132 valence electrons. The van der Waals surface area contributed by atoms with Crippen LogP contribution in [0.5, 0.6) is 0 Å². The van der Waals surface area contributed by atoms with Crippen LogP contribution in [0.4, 0.5) is 0 Å². The molecule has 1 fully saturated rings. The average Bonchev–Trinajstić information content (AvgIpc) is 3.15. The Hall–Kier alpha value is -2.21. The second-order valence-corrected chi connectivity index (χ2v) is 7.06. The zero-order chi connectivity index (χ0) is 17.2. The van der Waals surface area contributed by atoms with Crippen LogP contribution in [-0.2, 0) is 24.2 Å². The average molecular weight is 339 g/mol. The lowest BCUT2D eigenvalue weighted by Gasteiger charge is -2.22. The summed E-state index contributed by atoms with van der Waals surface area (Å²) in [6, 6.07) is 10.3. The van der Waals surface area contributed by atoms with Crippen LogP contribution in [0.15, 0.2) is 30.3 Å². The standard InChI is InChI=1S/C19H25N5O/c1-22-10-5-8-16(22)19-21-20-17-9-11-23(12-13-24(17)19)18(25)14-15-6-3-2-4-7-15/h2-4,6-7,16H,5,8-14H2,1H3/t16-/m0/s1. The predicted molar refractivity (Wildman–Crippen MR) is 95.1 cm³/mol. The van der Waals surface area contributed by atoms with Crippen LogP contribution in [0.2, 0.25) is 0 Å². The molecule has 6 heteroatoms. The van der Waals surface area contributed by atoms with E-state index in [1.165, 1.54) is 6.42 Å². The zero-order valence-corrected chi connectivity index (χ0v) is 14.8. The molecule has 0 bridgehead atoms. The van der Waals surface area contributed by atoms with Gasteiger partial charge in [-0.05, 0) is 32.0 Å². The summed E-state index contributed by atoms with van der Waals surface area (Å²) in [6.07, 6.45) is 3.61. The van der Waals surface area contributed by atoms with Crippen molar-refractivity contribution in [2.45, 2.75) is 38.3 Å². The Bertz CT molecular complexity index is 742. The van der Waals surface area contributed by atoms with E-state index >= 15 is 0 Å². The largest absolute Gasteiger partial charge is 0.340 e. The van der Waals surface area contributed by atoms with Gasteiger partial charge in [0.15, 0.2) is 0 Å². The van der Waals surface area contributed by atoms with Gasteiger partial charge >= 0.3 is 0 Å². The molecule has 0 radical (unpaired) electrons. The quantitative estimate of drug-likeness (QED) is 0.854. The Morgan fingerprint density at radius 3 is 2.72 bits per heavy atom. The van der Waals surface area contributed by atoms with Gasteiger partial charge in [0.05, 0.1) is 12.5 Å². The molecule has 4 rings (SSSR count). The highest BCUT2D eigenvalue weighted by molar-refractivity contribution is 5.78. The van der Waals surface area contributed by atoms with E-state index in [0.717, 1.165) is 56.2 Å². The molecule has 2 aliphatic rings. The fraction of sp³-hybridized carbons (Fsp3) is 0.526. The fourth-order valence-corrected chi connectivity index (χ4v) is 3.96. The lowest BCUT2D eigenvalue weighted by molar-refractivity contribution is -0.130. The summed E-state index contributed by atoms with van der Waals surface area (Å²) in [5.41, 5.74) is 1.07. The number of hydrogen-bond donors (Lipinski definition) is 0. The smallest absolute Gasteiger partial charge is 0.227 e. The van der Waals surface area contributed by atoms with Gasteiger partial charge in [-0.1, -0.05) is 30.3 Å². The molecule has 2 aromatic rings. The van der Waals surface area contributed by atoms with E-state index in [-0.39, 0.29) is 5.91 Å². The minimum Gasteiger partial charge on any atom is -0.340 e. The monoisotopic (exact) mass is 339 g/mol. The molecular weight excluding hydrogens is 314 g/mol. The first-order valence-electron chi connectivity index (χ1n) is 9.16. The molecule has 3 heterocycles. The van der Waals surface area contributed by atoms with Crippen LogP contribution in [-0.4, -0.2) is 57.2 Å². The summed E-state index contributed by atoms with van der Waals surface area (Å²) in [5.74, 6) is 2.29. The molecule has 1 saturated heterocycles. The third-order valence-corrected chi connectivity index (χ3v) is 5.42. The highest BCUT2D eigenvalue weighted by Crippen LogP contribution is 2.30. The van der Waals surface area contributed by atoms with Crippen molar-refractivity contribution in [2.75, 3.05) is 26.7 Å². The van der Waals surface area contributed by atoms with Crippen LogP contribution in [0.3, 0.4) is 0 Å². The molecule has 2 aliphatic heterocycles. The molecule has 1 aromatic heterocycles. The second-order valence-electron chi connectivity index (χ2n) is 7.06. The number of hydrogen-bond acceptors (Lipinski definition) is 4.